The molecule has 3 nitrogen and oxygen atoms in total. The lowest BCUT2D eigenvalue weighted by Crippen LogP contribution is -2.31. The van der Waals surface area contributed by atoms with E-state index in [1.54, 1.807) is 36.1 Å². The van der Waals surface area contributed by atoms with Crippen LogP contribution >= 0.6 is 0 Å². The van der Waals surface area contributed by atoms with Crippen LogP contribution in [0, 0.1) is 12.7 Å². The lowest BCUT2D eigenvalue weighted by atomic mass is 9.90. The van der Waals surface area contributed by atoms with Crippen LogP contribution in [0.25, 0.3) is 44.5 Å². The SMILES string of the molecule is [2H]C([2H])([2H])C([2H])(C)c1cc(-c2ccc(-c3c(C)ccc4c3oc3ncccc34)[n+](C)c2)cc(C([2H])(C([2H])([2H])[2H])C([2H])([2H])[2H])c1F. The Morgan fingerprint density at radius 1 is 1.00 bits per heavy atom. The molecule has 5 aromatic rings. The molecule has 0 saturated carbocycles. The minimum absolute atomic E-state index is 0.0410. The summed E-state index contributed by atoms with van der Waals surface area (Å²) in [5, 5.41) is 1.70. The molecule has 1 atom stereocenters. The molecule has 34 heavy (non-hydrogen) atoms. The Labute approximate surface area is 215 Å². The summed E-state index contributed by atoms with van der Waals surface area (Å²) in [6.07, 6.45) is 3.26. The Kier molecular flexibility index (Phi) is 3.15. The van der Waals surface area contributed by atoms with Gasteiger partial charge in [-0.2, -0.15) is 0 Å². The number of fused-ring (bicyclic) bond motifs is 3. The van der Waals surface area contributed by atoms with Gasteiger partial charge in [-0.3, -0.25) is 0 Å². The number of hydrogen-bond donors (Lipinski definition) is 0. The fourth-order valence-corrected chi connectivity index (χ4v) is 4.38. The largest absolute Gasteiger partial charge is 0.437 e. The summed E-state index contributed by atoms with van der Waals surface area (Å²) < 4.78 is 113. The Balaban J connectivity index is 1.78. The third-order valence-corrected chi connectivity index (χ3v) is 6.10. The van der Waals surface area contributed by atoms with Gasteiger partial charge in [0.25, 0.3) is 0 Å². The molecule has 0 amide bonds. The lowest BCUT2D eigenvalue weighted by molar-refractivity contribution is -0.659. The first-order chi connectivity index (χ1) is 20.6. The van der Waals surface area contributed by atoms with Crippen LogP contribution in [0.1, 0.15) is 71.0 Å². The molecule has 0 fully saturated rings. The fraction of sp³-hybridized carbons (Fsp3) is 0.267. The van der Waals surface area contributed by atoms with Gasteiger partial charge in [0, 0.05) is 43.7 Å². The molecule has 0 saturated heterocycles. The number of nitrogens with zero attached hydrogens (tertiary/aromatic N) is 2. The summed E-state index contributed by atoms with van der Waals surface area (Å²) in [7, 11) is 1.74. The van der Waals surface area contributed by atoms with Gasteiger partial charge in [-0.15, -0.1) is 0 Å². The van der Waals surface area contributed by atoms with E-state index >= 15 is 4.39 Å². The van der Waals surface area contributed by atoms with Gasteiger partial charge in [-0.1, -0.05) is 39.6 Å². The van der Waals surface area contributed by atoms with Crippen LogP contribution in [0.3, 0.4) is 0 Å². The van der Waals surface area contributed by atoms with Gasteiger partial charge in [0.2, 0.25) is 11.4 Å². The number of aromatic nitrogens is 2. The predicted molar refractivity (Wildman–Crippen MR) is 136 cm³/mol. The molecule has 0 N–H and O–H groups in total. The maximum absolute atomic E-state index is 16.2. The number of rotatable bonds is 4. The van der Waals surface area contributed by atoms with Crippen molar-refractivity contribution in [3.05, 3.63) is 83.4 Å². The number of pyridine rings is 2. The first-order valence-electron chi connectivity index (χ1n) is 16.2. The van der Waals surface area contributed by atoms with E-state index in [1.807, 2.05) is 31.2 Å². The Bertz CT molecular complexity index is 1940. The number of aryl methyl sites for hydroxylation is 2. The molecule has 3 heterocycles. The fourth-order valence-electron chi connectivity index (χ4n) is 4.38. The molecule has 4 heteroatoms. The first kappa shape index (κ1) is 12.8. The third kappa shape index (κ3) is 3.58. The zero-order valence-corrected chi connectivity index (χ0v) is 19.0. The average Bonchev–Trinajstić information content (AvgIpc) is 3.29. The molecule has 0 aliphatic heterocycles. The Morgan fingerprint density at radius 2 is 1.76 bits per heavy atom. The Morgan fingerprint density at radius 3 is 2.50 bits per heavy atom. The highest BCUT2D eigenvalue weighted by Crippen LogP contribution is 2.37. The second-order valence-electron chi connectivity index (χ2n) is 8.39. The minimum Gasteiger partial charge on any atom is -0.437 e. The van der Waals surface area contributed by atoms with E-state index in [0.717, 1.165) is 41.0 Å². The van der Waals surface area contributed by atoms with E-state index in [4.69, 9.17) is 19.5 Å². The molecule has 0 spiro atoms. The summed E-state index contributed by atoms with van der Waals surface area (Å²) in [6, 6.07) is 13.0. The van der Waals surface area contributed by atoms with E-state index in [1.165, 1.54) is 0 Å². The van der Waals surface area contributed by atoms with Gasteiger partial charge in [0.1, 0.15) is 12.9 Å². The van der Waals surface area contributed by atoms with Crippen molar-refractivity contribution in [2.45, 2.75) is 46.2 Å². The van der Waals surface area contributed by atoms with E-state index in [9.17, 15) is 0 Å². The number of halogens is 1. The van der Waals surface area contributed by atoms with Crippen LogP contribution < -0.4 is 4.57 Å². The predicted octanol–water partition coefficient (Wildman–Crippen LogP) is 7.83. The second kappa shape index (κ2) is 8.35. The Hall–Kier alpha value is -3.53. The van der Waals surface area contributed by atoms with Gasteiger partial charge in [-0.25, -0.2) is 13.9 Å². The van der Waals surface area contributed by atoms with Crippen molar-refractivity contribution in [3.8, 4) is 22.4 Å². The highest BCUT2D eigenvalue weighted by Gasteiger charge is 2.22. The van der Waals surface area contributed by atoms with Crippen LogP contribution in [0.15, 0.2) is 65.3 Å². The van der Waals surface area contributed by atoms with Crippen molar-refractivity contribution < 1.29 is 28.5 Å². The van der Waals surface area contributed by atoms with Gasteiger partial charge in [0.15, 0.2) is 11.8 Å². The van der Waals surface area contributed by atoms with Gasteiger partial charge < -0.3 is 4.42 Å². The maximum Gasteiger partial charge on any atom is 0.227 e. The molecular formula is C30H30FN2O+. The van der Waals surface area contributed by atoms with Crippen molar-refractivity contribution in [3.63, 3.8) is 0 Å². The standard InChI is InChI=1S/C30H30FN2O/c1-17(2)24-14-21(15-25(18(3)4)28(24)31)20-10-12-26(33(6)16-20)27-19(5)9-11-22-23-8-7-13-32-30(23)34-29(22)27/h7-18H,1-6H3/q+1/i1D3,2D3,3D3,17D,18D. The molecule has 0 aliphatic carbocycles. The maximum atomic E-state index is 16.2. The van der Waals surface area contributed by atoms with Gasteiger partial charge >= 0.3 is 0 Å². The van der Waals surface area contributed by atoms with Crippen molar-refractivity contribution in [1.29, 1.82) is 0 Å². The molecule has 3 aromatic heterocycles. The van der Waals surface area contributed by atoms with Crippen molar-refractivity contribution >= 4 is 22.1 Å². The van der Waals surface area contributed by atoms with Crippen molar-refractivity contribution in [2.75, 3.05) is 0 Å². The lowest BCUT2D eigenvalue weighted by Gasteiger charge is -2.16. The minimum atomic E-state index is -3.54. The molecule has 5 rings (SSSR count). The smallest absolute Gasteiger partial charge is 0.227 e. The summed E-state index contributed by atoms with van der Waals surface area (Å²) in [6.45, 7) is -7.31. The normalized spacial score (nSPS) is 19.8. The topological polar surface area (TPSA) is 29.9 Å². The van der Waals surface area contributed by atoms with Crippen LogP contribution in [-0.4, -0.2) is 4.98 Å². The third-order valence-electron chi connectivity index (χ3n) is 6.10. The monoisotopic (exact) mass is 464 g/mol. The number of benzene rings is 2. The van der Waals surface area contributed by atoms with Crippen LogP contribution in [0.4, 0.5) is 4.39 Å². The zero-order valence-electron chi connectivity index (χ0n) is 30.0. The van der Waals surface area contributed by atoms with Crippen molar-refractivity contribution in [1.82, 2.24) is 4.98 Å². The zero-order chi connectivity index (χ0) is 33.5. The van der Waals surface area contributed by atoms with Crippen LogP contribution in [-0.2, 0) is 7.05 Å². The summed E-state index contributed by atoms with van der Waals surface area (Å²) in [4.78, 5) is 4.32. The first-order valence-corrected chi connectivity index (χ1v) is 10.7. The molecule has 2 aromatic carbocycles. The van der Waals surface area contributed by atoms with Gasteiger partial charge in [0.05, 0.1) is 5.56 Å². The van der Waals surface area contributed by atoms with E-state index in [2.05, 4.69) is 4.98 Å². The molecule has 0 aliphatic rings. The molecule has 1 unspecified atom stereocenters. The van der Waals surface area contributed by atoms with Crippen LogP contribution in [0.2, 0.25) is 0 Å². The molecule has 172 valence electrons. The summed E-state index contributed by atoms with van der Waals surface area (Å²) in [5.74, 6) is -7.61. The number of hydrogen-bond acceptors (Lipinski definition) is 2. The van der Waals surface area contributed by atoms with Crippen LogP contribution in [0.5, 0.6) is 0 Å². The number of furan rings is 1. The second-order valence-corrected chi connectivity index (χ2v) is 8.39. The van der Waals surface area contributed by atoms with E-state index in [-0.39, 0.29) is 5.56 Å². The average molecular weight is 465 g/mol. The van der Waals surface area contributed by atoms with Crippen molar-refractivity contribution in [2.24, 2.45) is 7.05 Å². The molecule has 0 radical (unpaired) electrons. The highest BCUT2D eigenvalue weighted by molar-refractivity contribution is 6.08. The highest BCUT2D eigenvalue weighted by atomic mass is 19.1. The van der Waals surface area contributed by atoms with E-state index in [0.29, 0.717) is 22.6 Å². The molecule has 0 bridgehead atoms. The van der Waals surface area contributed by atoms with Gasteiger partial charge in [-0.05, 0) is 71.3 Å². The summed E-state index contributed by atoms with van der Waals surface area (Å²) in [5.41, 5.74) is 2.04. The summed E-state index contributed by atoms with van der Waals surface area (Å²) >= 11 is 0. The quantitative estimate of drug-likeness (QED) is 0.254. The van der Waals surface area contributed by atoms with E-state index < -0.39 is 49.3 Å². The molecular weight excluding hydrogens is 423 g/mol.